The van der Waals surface area contributed by atoms with Crippen LogP contribution >= 0.6 is 0 Å². The fourth-order valence-corrected chi connectivity index (χ4v) is 3.23. The zero-order chi connectivity index (χ0) is 23.8. The van der Waals surface area contributed by atoms with Crippen LogP contribution in [0.2, 0.25) is 0 Å². The standard InChI is InChI=1S/C20H17F5N8/c1-3-32(4-2)13-7-8-14(27-11-13)28-15-16(19(21,22)20(23,24)25)31-33-17(29-30-18(15)33)12-6-5-9-26-10-12/h5-11H,3-4H2,1-2H3. The SMILES string of the molecule is CCN(CC)c1ccc(N=C2C(C(F)(F)C(F)(F)F)=Nn3c2nnc3-c2cccnc2)nc1. The Kier molecular flexibility index (Phi) is 5.64. The second-order valence-electron chi connectivity index (χ2n) is 6.93. The van der Waals surface area contributed by atoms with Gasteiger partial charge in [0.25, 0.3) is 0 Å². The third kappa shape index (κ3) is 3.94. The lowest BCUT2D eigenvalue weighted by Crippen LogP contribution is -2.46. The van der Waals surface area contributed by atoms with Gasteiger partial charge in [-0.3, -0.25) is 4.98 Å². The summed E-state index contributed by atoms with van der Waals surface area (Å²) in [7, 11) is 0. The predicted octanol–water partition coefficient (Wildman–Crippen LogP) is 4.12. The topological polar surface area (TPSA) is 84.5 Å². The van der Waals surface area contributed by atoms with Gasteiger partial charge < -0.3 is 4.90 Å². The van der Waals surface area contributed by atoms with E-state index in [1.165, 1.54) is 24.7 Å². The van der Waals surface area contributed by atoms with Crippen molar-refractivity contribution in [3.63, 3.8) is 0 Å². The number of alkyl halides is 5. The molecular formula is C20H17F5N8. The van der Waals surface area contributed by atoms with E-state index < -0.39 is 23.5 Å². The van der Waals surface area contributed by atoms with Crippen molar-refractivity contribution in [2.24, 2.45) is 10.1 Å². The Morgan fingerprint density at radius 3 is 2.27 bits per heavy atom. The van der Waals surface area contributed by atoms with E-state index in [9.17, 15) is 22.0 Å². The summed E-state index contributed by atoms with van der Waals surface area (Å²) in [4.78, 5) is 13.9. The summed E-state index contributed by atoms with van der Waals surface area (Å²) < 4.78 is 69.2. The fourth-order valence-electron chi connectivity index (χ4n) is 3.23. The van der Waals surface area contributed by atoms with Gasteiger partial charge in [-0.1, -0.05) is 0 Å². The van der Waals surface area contributed by atoms with E-state index in [0.29, 0.717) is 18.7 Å². The molecule has 0 amide bonds. The summed E-state index contributed by atoms with van der Waals surface area (Å²) in [6, 6.07) is 6.17. The number of pyridine rings is 2. The average Bonchev–Trinajstić information content (AvgIpc) is 3.36. The highest BCUT2D eigenvalue weighted by atomic mass is 19.4. The molecule has 0 spiro atoms. The Bertz CT molecular complexity index is 1200. The van der Waals surface area contributed by atoms with Crippen molar-refractivity contribution in [1.29, 1.82) is 0 Å². The van der Waals surface area contributed by atoms with Crippen molar-refractivity contribution in [2.75, 3.05) is 18.0 Å². The summed E-state index contributed by atoms with van der Waals surface area (Å²) in [5.41, 5.74) is -1.26. The zero-order valence-corrected chi connectivity index (χ0v) is 17.4. The maximum absolute atomic E-state index is 14.4. The minimum absolute atomic E-state index is 0.0522. The van der Waals surface area contributed by atoms with Crippen LogP contribution in [0.1, 0.15) is 19.7 Å². The van der Waals surface area contributed by atoms with Gasteiger partial charge in [0.15, 0.2) is 17.4 Å². The maximum Gasteiger partial charge on any atom is 0.459 e. The van der Waals surface area contributed by atoms with Crippen molar-refractivity contribution in [1.82, 2.24) is 24.8 Å². The molecular weight excluding hydrogens is 447 g/mol. The molecule has 4 rings (SSSR count). The van der Waals surface area contributed by atoms with E-state index in [1.54, 1.807) is 18.2 Å². The molecule has 172 valence electrons. The summed E-state index contributed by atoms with van der Waals surface area (Å²) in [5, 5.41) is 11.2. The summed E-state index contributed by atoms with van der Waals surface area (Å²) in [5.74, 6) is -5.77. The number of aliphatic imine (C=N–C) groups is 1. The third-order valence-corrected chi connectivity index (χ3v) is 4.94. The Hall–Kier alpha value is -3.77. The molecule has 0 atom stereocenters. The summed E-state index contributed by atoms with van der Waals surface area (Å²) >= 11 is 0. The maximum atomic E-state index is 14.4. The largest absolute Gasteiger partial charge is 0.459 e. The van der Waals surface area contributed by atoms with Crippen molar-refractivity contribution in [3.05, 3.63) is 48.7 Å². The highest BCUT2D eigenvalue weighted by molar-refractivity contribution is 6.51. The van der Waals surface area contributed by atoms with Crippen LogP contribution in [-0.4, -0.2) is 61.5 Å². The van der Waals surface area contributed by atoms with E-state index in [2.05, 4.69) is 30.3 Å². The molecule has 0 unspecified atom stereocenters. The van der Waals surface area contributed by atoms with Crippen LogP contribution in [0.5, 0.6) is 0 Å². The number of rotatable bonds is 6. The van der Waals surface area contributed by atoms with Gasteiger partial charge >= 0.3 is 12.1 Å². The second kappa shape index (κ2) is 8.30. The van der Waals surface area contributed by atoms with E-state index >= 15 is 0 Å². The minimum Gasteiger partial charge on any atom is -0.371 e. The van der Waals surface area contributed by atoms with Gasteiger partial charge in [0.1, 0.15) is 5.71 Å². The molecule has 3 aromatic rings. The number of aromatic nitrogens is 5. The average molecular weight is 464 g/mol. The summed E-state index contributed by atoms with van der Waals surface area (Å²) in [6.07, 6.45) is -1.60. The molecule has 33 heavy (non-hydrogen) atoms. The molecule has 1 aliphatic rings. The molecule has 3 aromatic heterocycles. The molecule has 13 heteroatoms. The highest BCUT2D eigenvalue weighted by Crippen LogP contribution is 2.40. The third-order valence-electron chi connectivity index (χ3n) is 4.94. The van der Waals surface area contributed by atoms with Crippen LogP contribution in [0.15, 0.2) is 52.9 Å². The number of anilines is 1. The predicted molar refractivity (Wildman–Crippen MR) is 111 cm³/mol. The van der Waals surface area contributed by atoms with E-state index in [4.69, 9.17) is 0 Å². The van der Waals surface area contributed by atoms with Gasteiger partial charge in [-0.15, -0.1) is 10.2 Å². The first-order valence-electron chi connectivity index (χ1n) is 9.87. The normalized spacial score (nSPS) is 15.0. The fraction of sp³-hybridized carbons (Fsp3) is 0.300. The molecule has 0 aliphatic carbocycles. The molecule has 1 aliphatic heterocycles. The summed E-state index contributed by atoms with van der Waals surface area (Å²) in [6.45, 7) is 5.32. The first kappa shape index (κ1) is 22.4. The van der Waals surface area contributed by atoms with Crippen LogP contribution < -0.4 is 4.90 Å². The molecule has 0 fully saturated rings. The molecule has 4 heterocycles. The van der Waals surface area contributed by atoms with Crippen LogP contribution in [0.3, 0.4) is 0 Å². The molecule has 0 saturated heterocycles. The van der Waals surface area contributed by atoms with E-state index in [-0.39, 0.29) is 17.5 Å². The number of fused-ring (bicyclic) bond motifs is 1. The molecule has 0 aromatic carbocycles. The molecule has 0 saturated carbocycles. The van der Waals surface area contributed by atoms with Crippen LogP contribution in [0, 0.1) is 0 Å². The molecule has 8 nitrogen and oxygen atoms in total. The lowest BCUT2D eigenvalue weighted by atomic mass is 10.1. The van der Waals surface area contributed by atoms with E-state index in [1.807, 2.05) is 18.7 Å². The van der Waals surface area contributed by atoms with E-state index in [0.717, 1.165) is 10.4 Å². The van der Waals surface area contributed by atoms with Gasteiger partial charge in [0.05, 0.1) is 11.9 Å². The van der Waals surface area contributed by atoms with Gasteiger partial charge in [-0.2, -0.15) is 31.7 Å². The van der Waals surface area contributed by atoms with Crippen molar-refractivity contribution in [2.45, 2.75) is 25.9 Å². The number of nitrogens with zero attached hydrogens (tertiary/aromatic N) is 8. The lowest BCUT2D eigenvalue weighted by Gasteiger charge is -2.20. The molecule has 0 N–H and O–H groups in total. The zero-order valence-electron chi connectivity index (χ0n) is 17.4. The Morgan fingerprint density at radius 2 is 1.70 bits per heavy atom. The second-order valence-corrected chi connectivity index (χ2v) is 6.93. The Balaban J connectivity index is 1.83. The first-order chi connectivity index (χ1) is 15.7. The first-order valence-corrected chi connectivity index (χ1v) is 9.87. The number of halogens is 5. The van der Waals surface area contributed by atoms with Gasteiger partial charge in [-0.25, -0.2) is 9.98 Å². The van der Waals surface area contributed by atoms with Crippen molar-refractivity contribution < 1.29 is 22.0 Å². The van der Waals surface area contributed by atoms with Gasteiger partial charge in [0.2, 0.25) is 5.82 Å². The Morgan fingerprint density at radius 1 is 0.970 bits per heavy atom. The monoisotopic (exact) mass is 464 g/mol. The highest BCUT2D eigenvalue weighted by Gasteiger charge is 2.64. The molecule has 0 radical (unpaired) electrons. The van der Waals surface area contributed by atoms with Crippen LogP contribution in [-0.2, 0) is 0 Å². The number of hydrogen-bond donors (Lipinski definition) is 0. The van der Waals surface area contributed by atoms with Gasteiger partial charge in [-0.05, 0) is 38.1 Å². The Labute approximate surface area is 184 Å². The minimum atomic E-state index is -5.89. The van der Waals surface area contributed by atoms with Gasteiger partial charge in [0, 0.05) is 31.0 Å². The van der Waals surface area contributed by atoms with Crippen LogP contribution in [0.25, 0.3) is 11.4 Å². The lowest BCUT2D eigenvalue weighted by molar-refractivity contribution is -0.248. The van der Waals surface area contributed by atoms with Crippen LogP contribution in [0.4, 0.5) is 33.5 Å². The quantitative estimate of drug-likeness (QED) is 0.513. The number of hydrogen-bond acceptors (Lipinski definition) is 7. The van der Waals surface area contributed by atoms with Crippen molar-refractivity contribution >= 4 is 22.9 Å². The molecule has 0 bridgehead atoms. The van der Waals surface area contributed by atoms with Crippen molar-refractivity contribution in [3.8, 4) is 11.4 Å². The smallest absolute Gasteiger partial charge is 0.371 e.